The Labute approximate surface area is 216 Å². The molecule has 35 heavy (non-hydrogen) atoms. The minimum atomic E-state index is -1.01. The zero-order valence-electron chi connectivity index (χ0n) is 20.2. The highest BCUT2D eigenvalue weighted by Gasteiger charge is 2.52. The third-order valence-electron chi connectivity index (χ3n) is 6.65. The molecular formula is C26H29BCl2O6. The minimum Gasteiger partial charge on any atom is -0.478 e. The summed E-state index contributed by atoms with van der Waals surface area (Å²) in [5.74, 6) is -2.02. The van der Waals surface area contributed by atoms with Crippen LogP contribution in [-0.2, 0) is 22.2 Å². The standard InChI is InChI=1S/C26H29BCl2O6/c1-25(2)26(3,4)35-27(34-25)18(9-8-17-15-20(29)11-13-22(17)24(32)33)7-5-6-16-14-19(28)10-12-21(16)23(30)31/h7,10-15H,5-6,8-9H2,1-4H3,(H,30,31)(H,32,33)/b18-7-. The predicted octanol–water partition coefficient (Wildman–Crippen LogP) is 6.51. The highest BCUT2D eigenvalue weighted by molar-refractivity contribution is 6.54. The normalized spacial score (nSPS) is 17.0. The monoisotopic (exact) mass is 518 g/mol. The van der Waals surface area contributed by atoms with Crippen LogP contribution in [0.15, 0.2) is 47.9 Å². The van der Waals surface area contributed by atoms with Gasteiger partial charge in [0.2, 0.25) is 0 Å². The fourth-order valence-corrected chi connectivity index (χ4v) is 4.35. The van der Waals surface area contributed by atoms with Crippen molar-refractivity contribution in [2.75, 3.05) is 0 Å². The van der Waals surface area contributed by atoms with E-state index in [1.165, 1.54) is 12.1 Å². The van der Waals surface area contributed by atoms with Gasteiger partial charge in [0.25, 0.3) is 0 Å². The first-order chi connectivity index (χ1) is 16.3. The lowest BCUT2D eigenvalue weighted by Crippen LogP contribution is -2.41. The van der Waals surface area contributed by atoms with Gasteiger partial charge in [-0.25, -0.2) is 9.59 Å². The molecule has 6 nitrogen and oxygen atoms in total. The summed E-state index contributed by atoms with van der Waals surface area (Å²) in [6, 6.07) is 9.46. The van der Waals surface area contributed by atoms with Gasteiger partial charge in [-0.15, -0.1) is 0 Å². The molecule has 2 N–H and O–H groups in total. The molecule has 1 heterocycles. The van der Waals surface area contributed by atoms with Crippen molar-refractivity contribution in [2.45, 2.75) is 64.6 Å². The molecule has 0 aromatic heterocycles. The van der Waals surface area contributed by atoms with Gasteiger partial charge in [0.15, 0.2) is 0 Å². The van der Waals surface area contributed by atoms with Crippen LogP contribution in [0.1, 0.15) is 72.4 Å². The van der Waals surface area contributed by atoms with Crippen LogP contribution < -0.4 is 0 Å². The Bertz CT molecular complexity index is 1140. The van der Waals surface area contributed by atoms with E-state index >= 15 is 0 Å². The van der Waals surface area contributed by atoms with Gasteiger partial charge in [0, 0.05) is 10.0 Å². The molecule has 0 radical (unpaired) electrons. The average molecular weight is 519 g/mol. The lowest BCUT2D eigenvalue weighted by atomic mass is 9.74. The molecule has 0 bridgehead atoms. The summed E-state index contributed by atoms with van der Waals surface area (Å²) in [4.78, 5) is 23.3. The van der Waals surface area contributed by atoms with E-state index in [0.717, 1.165) is 5.47 Å². The molecule has 9 heteroatoms. The van der Waals surface area contributed by atoms with Crippen molar-refractivity contribution in [2.24, 2.45) is 0 Å². The quantitative estimate of drug-likeness (QED) is 0.367. The molecular weight excluding hydrogens is 490 g/mol. The summed E-state index contributed by atoms with van der Waals surface area (Å²) in [7, 11) is -0.606. The van der Waals surface area contributed by atoms with E-state index < -0.39 is 30.3 Å². The van der Waals surface area contributed by atoms with Crippen LogP contribution in [0.25, 0.3) is 0 Å². The first-order valence-corrected chi connectivity index (χ1v) is 12.1. The molecule has 0 spiro atoms. The van der Waals surface area contributed by atoms with Crippen LogP contribution in [0.4, 0.5) is 0 Å². The number of carbonyl (C=O) groups is 2. The first kappa shape index (κ1) is 27.3. The molecule has 3 rings (SSSR count). The number of carboxylic acids is 2. The van der Waals surface area contributed by atoms with Gasteiger partial charge < -0.3 is 19.5 Å². The van der Waals surface area contributed by atoms with Crippen molar-refractivity contribution in [3.05, 3.63) is 80.2 Å². The van der Waals surface area contributed by atoms with Crippen molar-refractivity contribution in [3.8, 4) is 0 Å². The molecule has 0 unspecified atom stereocenters. The highest BCUT2D eigenvalue weighted by Crippen LogP contribution is 2.39. The maximum Gasteiger partial charge on any atom is 0.490 e. The van der Waals surface area contributed by atoms with Crippen LogP contribution in [0, 0.1) is 0 Å². The Kier molecular flexibility index (Phi) is 8.38. The summed E-state index contributed by atoms with van der Waals surface area (Å²) >= 11 is 12.2. The lowest BCUT2D eigenvalue weighted by molar-refractivity contribution is 0.00578. The summed E-state index contributed by atoms with van der Waals surface area (Å²) in [6.45, 7) is 7.87. The van der Waals surface area contributed by atoms with E-state index in [9.17, 15) is 19.8 Å². The van der Waals surface area contributed by atoms with Crippen molar-refractivity contribution in [1.29, 1.82) is 0 Å². The number of carboxylic acid groups (broad SMARTS) is 2. The Morgan fingerprint density at radius 1 is 0.857 bits per heavy atom. The number of hydrogen-bond acceptors (Lipinski definition) is 4. The fourth-order valence-electron chi connectivity index (χ4n) is 3.96. The van der Waals surface area contributed by atoms with E-state index in [1.807, 2.05) is 33.8 Å². The number of hydrogen-bond donors (Lipinski definition) is 2. The molecule has 1 fully saturated rings. The number of rotatable bonds is 9. The van der Waals surface area contributed by atoms with Gasteiger partial charge in [-0.1, -0.05) is 29.3 Å². The number of halogens is 2. The first-order valence-electron chi connectivity index (χ1n) is 11.4. The second-order valence-corrected chi connectivity index (χ2v) is 10.5. The number of allylic oxidation sites excluding steroid dienone is 2. The largest absolute Gasteiger partial charge is 0.490 e. The molecule has 2 aromatic rings. The van der Waals surface area contributed by atoms with Gasteiger partial charge in [0.1, 0.15) is 0 Å². The van der Waals surface area contributed by atoms with Crippen molar-refractivity contribution in [1.82, 2.24) is 0 Å². The van der Waals surface area contributed by atoms with Crippen LogP contribution in [-0.4, -0.2) is 40.5 Å². The van der Waals surface area contributed by atoms with E-state index in [1.54, 1.807) is 24.3 Å². The van der Waals surface area contributed by atoms with Gasteiger partial charge in [-0.2, -0.15) is 0 Å². The number of benzene rings is 2. The Morgan fingerprint density at radius 3 is 1.77 bits per heavy atom. The lowest BCUT2D eigenvalue weighted by Gasteiger charge is -2.32. The molecule has 0 saturated carbocycles. The molecule has 2 aromatic carbocycles. The van der Waals surface area contributed by atoms with Gasteiger partial charge in [0.05, 0.1) is 22.3 Å². The minimum absolute atomic E-state index is 0.202. The van der Waals surface area contributed by atoms with Gasteiger partial charge in [-0.05, 0) is 106 Å². The molecule has 0 aliphatic carbocycles. The highest BCUT2D eigenvalue weighted by atomic mass is 35.5. The smallest absolute Gasteiger partial charge is 0.478 e. The van der Waals surface area contributed by atoms with Gasteiger partial charge >= 0.3 is 19.1 Å². The molecule has 1 aliphatic heterocycles. The maximum absolute atomic E-state index is 11.7. The zero-order chi connectivity index (χ0) is 26.0. The van der Waals surface area contributed by atoms with Gasteiger partial charge in [-0.3, -0.25) is 0 Å². The average Bonchev–Trinajstić information content (AvgIpc) is 2.96. The topological polar surface area (TPSA) is 93.1 Å². The second kappa shape index (κ2) is 10.7. The Hall–Kier alpha value is -2.32. The molecule has 0 atom stereocenters. The fraction of sp³-hybridized carbons (Fsp3) is 0.385. The molecule has 1 saturated heterocycles. The maximum atomic E-state index is 11.7. The summed E-state index contributed by atoms with van der Waals surface area (Å²) in [6.07, 6.45) is 3.89. The van der Waals surface area contributed by atoms with Crippen molar-refractivity contribution < 1.29 is 29.1 Å². The van der Waals surface area contributed by atoms with Crippen LogP contribution in [0.3, 0.4) is 0 Å². The van der Waals surface area contributed by atoms with E-state index in [4.69, 9.17) is 32.5 Å². The number of aryl methyl sites for hydroxylation is 2. The third-order valence-corrected chi connectivity index (χ3v) is 7.12. The molecule has 0 amide bonds. The van der Waals surface area contributed by atoms with Crippen LogP contribution >= 0.6 is 23.2 Å². The second-order valence-electron chi connectivity index (χ2n) is 9.62. The van der Waals surface area contributed by atoms with Crippen molar-refractivity contribution in [3.63, 3.8) is 0 Å². The van der Waals surface area contributed by atoms with E-state index in [0.29, 0.717) is 46.9 Å². The number of aromatic carboxylic acids is 2. The summed E-state index contributed by atoms with van der Waals surface area (Å²) < 4.78 is 12.5. The predicted molar refractivity (Wildman–Crippen MR) is 138 cm³/mol. The van der Waals surface area contributed by atoms with E-state index in [2.05, 4.69) is 0 Å². The summed E-state index contributed by atoms with van der Waals surface area (Å²) in [5.41, 5.74) is 1.45. The SMILES string of the molecule is CC1(C)OB(/C(=C\CCc2cc(Cl)ccc2C(=O)O)CCc2cc(Cl)ccc2C(=O)O)OC1(C)C. The molecule has 1 aliphatic rings. The Balaban J connectivity index is 1.87. The Morgan fingerprint density at radius 2 is 1.31 bits per heavy atom. The van der Waals surface area contributed by atoms with Crippen LogP contribution in [0.5, 0.6) is 0 Å². The van der Waals surface area contributed by atoms with E-state index in [-0.39, 0.29) is 11.1 Å². The molecule has 186 valence electrons. The van der Waals surface area contributed by atoms with Crippen molar-refractivity contribution >= 4 is 42.3 Å². The zero-order valence-corrected chi connectivity index (χ0v) is 21.7. The summed E-state index contributed by atoms with van der Waals surface area (Å²) in [5, 5.41) is 20.0. The third kappa shape index (κ3) is 6.47. The van der Waals surface area contributed by atoms with Crippen LogP contribution in [0.2, 0.25) is 10.0 Å².